The second-order valence-electron chi connectivity index (χ2n) is 5.44. The Hall–Kier alpha value is -2.63. The summed E-state index contributed by atoms with van der Waals surface area (Å²) in [5.74, 6) is 0.315. The van der Waals surface area contributed by atoms with E-state index in [1.807, 2.05) is 49.7 Å². The monoisotopic (exact) mass is 298 g/mol. The summed E-state index contributed by atoms with van der Waals surface area (Å²) in [6.45, 7) is 6.20. The lowest BCUT2D eigenvalue weighted by atomic mass is 10.2. The standard InChI is InChI=1S/C16H18N4O2/c1-10(2)20-11(3)12(8-18-20)16(21)17-9-15-19-13-6-4-5-7-14(13)22-15/h4-8,10H,9H2,1-3H3,(H,17,21). The van der Waals surface area contributed by atoms with Crippen LogP contribution in [-0.2, 0) is 6.54 Å². The van der Waals surface area contributed by atoms with Gasteiger partial charge in [0.25, 0.3) is 5.91 Å². The van der Waals surface area contributed by atoms with Crippen LogP contribution >= 0.6 is 0 Å². The average molecular weight is 298 g/mol. The van der Waals surface area contributed by atoms with Gasteiger partial charge in [0.05, 0.1) is 18.3 Å². The van der Waals surface area contributed by atoms with E-state index < -0.39 is 0 Å². The molecule has 0 spiro atoms. The molecule has 2 heterocycles. The number of carbonyl (C=O) groups is 1. The Morgan fingerprint density at radius 2 is 2.14 bits per heavy atom. The van der Waals surface area contributed by atoms with E-state index in [1.54, 1.807) is 6.20 Å². The van der Waals surface area contributed by atoms with Crippen LogP contribution in [0.1, 0.15) is 41.8 Å². The molecule has 0 radical (unpaired) electrons. The number of nitrogens with one attached hydrogen (secondary N) is 1. The lowest BCUT2D eigenvalue weighted by molar-refractivity contribution is 0.0946. The van der Waals surface area contributed by atoms with Gasteiger partial charge in [0, 0.05) is 11.7 Å². The van der Waals surface area contributed by atoms with Gasteiger partial charge in [-0.15, -0.1) is 0 Å². The molecule has 2 aromatic heterocycles. The molecule has 0 aliphatic heterocycles. The fourth-order valence-electron chi connectivity index (χ4n) is 2.41. The molecule has 6 nitrogen and oxygen atoms in total. The number of para-hydroxylation sites is 2. The highest BCUT2D eigenvalue weighted by Crippen LogP contribution is 2.15. The lowest BCUT2D eigenvalue weighted by Gasteiger charge is -2.08. The van der Waals surface area contributed by atoms with E-state index in [0.29, 0.717) is 11.5 Å². The highest BCUT2D eigenvalue weighted by atomic mass is 16.3. The van der Waals surface area contributed by atoms with Gasteiger partial charge in [0.1, 0.15) is 5.52 Å². The second-order valence-corrected chi connectivity index (χ2v) is 5.44. The van der Waals surface area contributed by atoms with E-state index in [1.165, 1.54) is 0 Å². The summed E-state index contributed by atoms with van der Waals surface area (Å²) >= 11 is 0. The van der Waals surface area contributed by atoms with Crippen LogP contribution in [0.25, 0.3) is 11.1 Å². The third-order valence-electron chi connectivity index (χ3n) is 3.52. The minimum atomic E-state index is -0.174. The summed E-state index contributed by atoms with van der Waals surface area (Å²) in [5.41, 5.74) is 2.93. The molecule has 1 N–H and O–H groups in total. The van der Waals surface area contributed by atoms with Gasteiger partial charge in [0.15, 0.2) is 5.58 Å². The average Bonchev–Trinajstić information content (AvgIpc) is 3.07. The van der Waals surface area contributed by atoms with E-state index in [4.69, 9.17) is 4.42 Å². The van der Waals surface area contributed by atoms with Crippen LogP contribution in [0, 0.1) is 6.92 Å². The molecule has 0 aliphatic rings. The van der Waals surface area contributed by atoms with Gasteiger partial charge in [-0.25, -0.2) is 4.98 Å². The van der Waals surface area contributed by atoms with Crippen LogP contribution in [0.3, 0.4) is 0 Å². The van der Waals surface area contributed by atoms with Crippen molar-refractivity contribution in [3.05, 3.63) is 47.6 Å². The smallest absolute Gasteiger partial charge is 0.255 e. The Morgan fingerprint density at radius 1 is 1.36 bits per heavy atom. The zero-order valence-corrected chi connectivity index (χ0v) is 12.8. The lowest BCUT2D eigenvalue weighted by Crippen LogP contribution is -2.23. The highest BCUT2D eigenvalue weighted by molar-refractivity contribution is 5.95. The number of aromatic nitrogens is 3. The molecule has 0 aliphatic carbocycles. The van der Waals surface area contributed by atoms with Gasteiger partial charge in [-0.3, -0.25) is 9.48 Å². The molecule has 22 heavy (non-hydrogen) atoms. The quantitative estimate of drug-likeness (QED) is 0.804. The van der Waals surface area contributed by atoms with Gasteiger partial charge < -0.3 is 9.73 Å². The fraction of sp³-hybridized carbons (Fsp3) is 0.312. The van der Waals surface area contributed by atoms with Crippen molar-refractivity contribution in [1.29, 1.82) is 0 Å². The Labute approximate surface area is 128 Å². The molecule has 0 saturated carbocycles. The molecule has 0 unspecified atom stereocenters. The van der Waals surface area contributed by atoms with Crippen molar-refractivity contribution in [2.24, 2.45) is 0 Å². The number of benzene rings is 1. The second kappa shape index (κ2) is 5.63. The van der Waals surface area contributed by atoms with Crippen LogP contribution in [0.4, 0.5) is 0 Å². The van der Waals surface area contributed by atoms with Crippen molar-refractivity contribution >= 4 is 17.0 Å². The minimum Gasteiger partial charge on any atom is -0.439 e. The Morgan fingerprint density at radius 3 is 2.82 bits per heavy atom. The number of oxazole rings is 1. The third-order valence-corrected chi connectivity index (χ3v) is 3.52. The van der Waals surface area contributed by atoms with Gasteiger partial charge in [-0.05, 0) is 32.9 Å². The molecule has 3 aromatic rings. The van der Waals surface area contributed by atoms with Gasteiger partial charge in [-0.2, -0.15) is 5.10 Å². The molecule has 114 valence electrons. The number of carbonyl (C=O) groups excluding carboxylic acids is 1. The van der Waals surface area contributed by atoms with Crippen LogP contribution in [-0.4, -0.2) is 20.7 Å². The van der Waals surface area contributed by atoms with E-state index >= 15 is 0 Å². The highest BCUT2D eigenvalue weighted by Gasteiger charge is 2.16. The third kappa shape index (κ3) is 2.59. The number of nitrogens with zero attached hydrogens (tertiary/aromatic N) is 3. The van der Waals surface area contributed by atoms with Gasteiger partial charge >= 0.3 is 0 Å². The minimum absolute atomic E-state index is 0.174. The number of amides is 1. The predicted molar refractivity (Wildman–Crippen MR) is 82.5 cm³/mol. The van der Waals surface area contributed by atoms with Gasteiger partial charge in [0.2, 0.25) is 5.89 Å². The van der Waals surface area contributed by atoms with Crippen LogP contribution in [0.5, 0.6) is 0 Å². The van der Waals surface area contributed by atoms with Crippen molar-refractivity contribution in [3.63, 3.8) is 0 Å². The first-order valence-corrected chi connectivity index (χ1v) is 7.23. The summed E-state index contributed by atoms with van der Waals surface area (Å²) < 4.78 is 7.41. The van der Waals surface area contributed by atoms with E-state index in [9.17, 15) is 4.79 Å². The summed E-state index contributed by atoms with van der Waals surface area (Å²) in [4.78, 5) is 16.6. The topological polar surface area (TPSA) is 73.0 Å². The molecule has 0 atom stereocenters. The predicted octanol–water partition coefficient (Wildman–Crippen LogP) is 2.84. The fourth-order valence-corrected chi connectivity index (χ4v) is 2.41. The molecule has 6 heteroatoms. The normalized spacial score (nSPS) is 11.3. The van der Waals surface area contributed by atoms with E-state index in [2.05, 4.69) is 15.4 Å². The van der Waals surface area contributed by atoms with Crippen LogP contribution in [0.15, 0.2) is 34.9 Å². The maximum absolute atomic E-state index is 12.3. The molecule has 0 saturated heterocycles. The number of hydrogen-bond acceptors (Lipinski definition) is 4. The maximum Gasteiger partial charge on any atom is 0.255 e. The number of rotatable bonds is 4. The van der Waals surface area contributed by atoms with Gasteiger partial charge in [-0.1, -0.05) is 12.1 Å². The first-order valence-electron chi connectivity index (χ1n) is 7.23. The molecular formula is C16H18N4O2. The number of fused-ring (bicyclic) bond motifs is 1. The summed E-state index contributed by atoms with van der Waals surface area (Å²) in [5, 5.41) is 7.06. The number of hydrogen-bond donors (Lipinski definition) is 1. The van der Waals surface area contributed by atoms with Crippen molar-refractivity contribution in [2.45, 2.75) is 33.4 Å². The van der Waals surface area contributed by atoms with Crippen molar-refractivity contribution in [2.75, 3.05) is 0 Å². The van der Waals surface area contributed by atoms with E-state index in [0.717, 1.165) is 16.8 Å². The molecular weight excluding hydrogens is 280 g/mol. The Balaban J connectivity index is 1.72. The first-order chi connectivity index (χ1) is 10.6. The molecule has 3 rings (SSSR count). The SMILES string of the molecule is Cc1c(C(=O)NCc2nc3ccccc3o2)cnn1C(C)C. The van der Waals surface area contributed by atoms with Crippen LogP contribution < -0.4 is 5.32 Å². The largest absolute Gasteiger partial charge is 0.439 e. The summed E-state index contributed by atoms with van der Waals surface area (Å²) in [6.07, 6.45) is 1.59. The molecule has 1 amide bonds. The summed E-state index contributed by atoms with van der Waals surface area (Å²) in [6, 6.07) is 7.74. The Bertz CT molecular complexity index is 784. The zero-order valence-electron chi connectivity index (χ0n) is 12.8. The van der Waals surface area contributed by atoms with Crippen molar-refractivity contribution in [3.8, 4) is 0 Å². The molecule has 1 aromatic carbocycles. The zero-order chi connectivity index (χ0) is 15.7. The maximum atomic E-state index is 12.3. The van der Waals surface area contributed by atoms with Crippen molar-refractivity contribution in [1.82, 2.24) is 20.1 Å². The first kappa shape index (κ1) is 14.3. The van der Waals surface area contributed by atoms with Crippen molar-refractivity contribution < 1.29 is 9.21 Å². The molecule has 0 bridgehead atoms. The molecule has 0 fully saturated rings. The Kier molecular flexibility index (Phi) is 3.66. The van der Waals surface area contributed by atoms with E-state index in [-0.39, 0.29) is 18.5 Å². The summed E-state index contributed by atoms with van der Waals surface area (Å²) in [7, 11) is 0. The van der Waals surface area contributed by atoms with Crippen LogP contribution in [0.2, 0.25) is 0 Å².